The lowest BCUT2D eigenvalue weighted by molar-refractivity contribution is -0.132. The minimum atomic E-state index is 0.271. The van der Waals surface area contributed by atoms with Crippen LogP contribution >= 0.6 is 0 Å². The van der Waals surface area contributed by atoms with Crippen LogP contribution in [0.25, 0.3) is 11.7 Å². The molecule has 2 fully saturated rings. The second-order valence-electron chi connectivity index (χ2n) is 6.81. The van der Waals surface area contributed by atoms with Crippen molar-refractivity contribution in [3.8, 4) is 11.7 Å². The Labute approximate surface area is 147 Å². The number of carbonyl (C=O) groups excluding carboxylic acids is 1. The summed E-state index contributed by atoms with van der Waals surface area (Å²) >= 11 is 0. The van der Waals surface area contributed by atoms with Crippen LogP contribution in [-0.4, -0.2) is 51.1 Å². The molecule has 0 saturated carbocycles. The third-order valence-corrected chi connectivity index (χ3v) is 5.32. The minimum absolute atomic E-state index is 0.271. The average molecular weight is 344 g/mol. The number of amides is 1. The molecule has 25 heavy (non-hydrogen) atoms. The van der Waals surface area contributed by atoms with E-state index in [0.717, 1.165) is 38.8 Å². The Morgan fingerprint density at radius 2 is 2.08 bits per heavy atom. The summed E-state index contributed by atoms with van der Waals surface area (Å²) in [5.41, 5.74) is 0. The van der Waals surface area contributed by atoms with Gasteiger partial charge in [0.2, 0.25) is 11.8 Å². The van der Waals surface area contributed by atoms with Gasteiger partial charge in [0.1, 0.15) is 0 Å². The molecular formula is C18H24N4O3. The van der Waals surface area contributed by atoms with E-state index in [1.54, 1.807) is 12.3 Å². The molecule has 2 saturated heterocycles. The summed E-state index contributed by atoms with van der Waals surface area (Å²) in [6, 6.07) is 4.32. The topological polar surface area (TPSA) is 75.6 Å². The molecule has 2 aromatic rings. The van der Waals surface area contributed by atoms with Gasteiger partial charge in [0.05, 0.1) is 12.8 Å². The van der Waals surface area contributed by atoms with Crippen molar-refractivity contribution in [3.05, 3.63) is 24.3 Å². The lowest BCUT2D eigenvalue weighted by Gasteiger charge is -2.34. The first kappa shape index (κ1) is 16.3. The molecule has 0 spiro atoms. The Morgan fingerprint density at radius 1 is 1.24 bits per heavy atom. The predicted octanol–water partition coefficient (Wildman–Crippen LogP) is 2.70. The van der Waals surface area contributed by atoms with Gasteiger partial charge in [0.15, 0.2) is 5.76 Å². The SMILES string of the molecule is CCC(=O)N1CCC[C@@H]1[C@H]1CCCN1Cc1nnc(-c2ccco2)o1. The summed E-state index contributed by atoms with van der Waals surface area (Å²) in [7, 11) is 0. The van der Waals surface area contributed by atoms with Crippen molar-refractivity contribution in [1.82, 2.24) is 20.0 Å². The van der Waals surface area contributed by atoms with E-state index in [4.69, 9.17) is 8.83 Å². The molecule has 0 aliphatic carbocycles. The molecule has 2 aliphatic rings. The van der Waals surface area contributed by atoms with Crippen LogP contribution < -0.4 is 0 Å². The number of likely N-dealkylation sites (tertiary alicyclic amines) is 2. The van der Waals surface area contributed by atoms with Crippen LogP contribution in [0, 0.1) is 0 Å². The molecule has 2 aromatic heterocycles. The van der Waals surface area contributed by atoms with Crippen molar-refractivity contribution in [2.45, 2.75) is 57.7 Å². The van der Waals surface area contributed by atoms with Gasteiger partial charge in [-0.05, 0) is 44.4 Å². The normalized spacial score (nSPS) is 24.3. The van der Waals surface area contributed by atoms with Gasteiger partial charge in [0, 0.05) is 25.0 Å². The smallest absolute Gasteiger partial charge is 0.283 e. The fraction of sp³-hybridized carbons (Fsp3) is 0.611. The lowest BCUT2D eigenvalue weighted by atomic mass is 10.0. The lowest BCUT2D eigenvalue weighted by Crippen LogP contribution is -2.47. The Balaban J connectivity index is 1.46. The molecule has 0 radical (unpaired) electrons. The summed E-state index contributed by atoms with van der Waals surface area (Å²) in [5, 5.41) is 8.25. The van der Waals surface area contributed by atoms with E-state index in [-0.39, 0.29) is 5.91 Å². The van der Waals surface area contributed by atoms with Gasteiger partial charge in [-0.3, -0.25) is 9.69 Å². The maximum Gasteiger partial charge on any atom is 0.283 e. The molecular weight excluding hydrogens is 320 g/mol. The van der Waals surface area contributed by atoms with Crippen LogP contribution in [0.15, 0.2) is 27.2 Å². The van der Waals surface area contributed by atoms with Crippen molar-refractivity contribution >= 4 is 5.91 Å². The molecule has 4 heterocycles. The monoisotopic (exact) mass is 344 g/mol. The molecule has 134 valence electrons. The van der Waals surface area contributed by atoms with Crippen LogP contribution in [0.1, 0.15) is 44.9 Å². The first-order chi connectivity index (χ1) is 12.3. The van der Waals surface area contributed by atoms with Crippen molar-refractivity contribution in [1.29, 1.82) is 0 Å². The number of aromatic nitrogens is 2. The second kappa shape index (κ2) is 7.00. The Hall–Kier alpha value is -2.15. The van der Waals surface area contributed by atoms with E-state index >= 15 is 0 Å². The molecule has 0 bridgehead atoms. The van der Waals surface area contributed by atoms with Gasteiger partial charge in [-0.25, -0.2) is 0 Å². The maximum absolute atomic E-state index is 12.2. The van der Waals surface area contributed by atoms with Gasteiger partial charge < -0.3 is 13.7 Å². The van der Waals surface area contributed by atoms with E-state index in [1.807, 2.05) is 13.0 Å². The summed E-state index contributed by atoms with van der Waals surface area (Å²) in [5.74, 6) is 1.88. The van der Waals surface area contributed by atoms with E-state index in [0.29, 0.717) is 42.6 Å². The van der Waals surface area contributed by atoms with Crippen molar-refractivity contribution in [2.24, 2.45) is 0 Å². The molecule has 4 rings (SSSR count). The van der Waals surface area contributed by atoms with Crippen molar-refractivity contribution < 1.29 is 13.6 Å². The molecule has 1 amide bonds. The highest BCUT2D eigenvalue weighted by Gasteiger charge is 2.39. The Bertz CT molecular complexity index is 712. The summed E-state index contributed by atoms with van der Waals surface area (Å²) in [4.78, 5) is 16.7. The van der Waals surface area contributed by atoms with Crippen LogP contribution in [-0.2, 0) is 11.3 Å². The van der Waals surface area contributed by atoms with Gasteiger partial charge in [0.25, 0.3) is 5.89 Å². The van der Waals surface area contributed by atoms with E-state index in [2.05, 4.69) is 20.0 Å². The fourth-order valence-corrected chi connectivity index (χ4v) is 4.18. The number of furan rings is 1. The fourth-order valence-electron chi connectivity index (χ4n) is 4.18. The van der Waals surface area contributed by atoms with Crippen LogP contribution in [0.2, 0.25) is 0 Å². The number of nitrogens with zero attached hydrogens (tertiary/aromatic N) is 4. The number of hydrogen-bond acceptors (Lipinski definition) is 6. The van der Waals surface area contributed by atoms with Crippen molar-refractivity contribution in [2.75, 3.05) is 13.1 Å². The highest BCUT2D eigenvalue weighted by atomic mass is 16.4. The zero-order chi connectivity index (χ0) is 17.2. The van der Waals surface area contributed by atoms with Gasteiger partial charge in [-0.1, -0.05) is 6.92 Å². The van der Waals surface area contributed by atoms with E-state index in [1.165, 1.54) is 0 Å². The summed E-state index contributed by atoms with van der Waals surface area (Å²) in [6.45, 7) is 4.47. The van der Waals surface area contributed by atoms with Gasteiger partial charge >= 0.3 is 0 Å². The number of rotatable bonds is 5. The van der Waals surface area contributed by atoms with Crippen LogP contribution in [0.5, 0.6) is 0 Å². The van der Waals surface area contributed by atoms with E-state index in [9.17, 15) is 4.79 Å². The van der Waals surface area contributed by atoms with Gasteiger partial charge in [-0.2, -0.15) is 0 Å². The molecule has 7 nitrogen and oxygen atoms in total. The van der Waals surface area contributed by atoms with Crippen LogP contribution in [0.4, 0.5) is 0 Å². The molecule has 2 atom stereocenters. The first-order valence-electron chi connectivity index (χ1n) is 9.16. The quantitative estimate of drug-likeness (QED) is 0.830. The Kier molecular flexibility index (Phi) is 4.57. The van der Waals surface area contributed by atoms with Crippen molar-refractivity contribution in [3.63, 3.8) is 0 Å². The number of hydrogen-bond donors (Lipinski definition) is 0. The largest absolute Gasteiger partial charge is 0.459 e. The van der Waals surface area contributed by atoms with E-state index < -0.39 is 0 Å². The third kappa shape index (κ3) is 3.20. The van der Waals surface area contributed by atoms with Gasteiger partial charge in [-0.15, -0.1) is 10.2 Å². The highest BCUT2D eigenvalue weighted by molar-refractivity contribution is 5.76. The first-order valence-corrected chi connectivity index (χ1v) is 9.16. The standard InChI is InChI=1S/C18H24N4O3/c1-2-17(23)22-10-4-7-14(22)13-6-3-9-21(13)12-16-19-20-18(25-16)15-8-5-11-24-15/h5,8,11,13-14H,2-4,6-7,9-10,12H2,1H3/t13-,14-/m1/s1. The average Bonchev–Trinajstić information content (AvgIpc) is 3.38. The number of carbonyl (C=O) groups is 1. The molecule has 0 aromatic carbocycles. The summed E-state index contributed by atoms with van der Waals surface area (Å²) in [6.07, 6.45) is 6.64. The second-order valence-corrected chi connectivity index (χ2v) is 6.81. The molecule has 7 heteroatoms. The zero-order valence-corrected chi connectivity index (χ0v) is 14.6. The Morgan fingerprint density at radius 3 is 2.88 bits per heavy atom. The molecule has 0 N–H and O–H groups in total. The molecule has 0 unspecified atom stereocenters. The van der Waals surface area contributed by atoms with Crippen LogP contribution in [0.3, 0.4) is 0 Å². The summed E-state index contributed by atoms with van der Waals surface area (Å²) < 4.78 is 11.1. The zero-order valence-electron chi connectivity index (χ0n) is 14.6. The minimum Gasteiger partial charge on any atom is -0.459 e. The maximum atomic E-state index is 12.2. The predicted molar refractivity (Wildman–Crippen MR) is 90.5 cm³/mol. The third-order valence-electron chi connectivity index (χ3n) is 5.32. The highest BCUT2D eigenvalue weighted by Crippen LogP contribution is 2.31. The molecule has 2 aliphatic heterocycles.